The van der Waals surface area contributed by atoms with Crippen molar-refractivity contribution in [2.75, 3.05) is 18.5 Å². The third-order valence-corrected chi connectivity index (χ3v) is 5.07. The van der Waals surface area contributed by atoms with Crippen LogP contribution in [0.2, 0.25) is 0 Å². The Morgan fingerprint density at radius 3 is 2.88 bits per heavy atom. The van der Waals surface area contributed by atoms with Crippen LogP contribution in [0.15, 0.2) is 30.5 Å². The van der Waals surface area contributed by atoms with Crippen molar-refractivity contribution in [3.8, 4) is 5.75 Å². The standard InChI is InChI=1S/C21H28N2O3/c1-4-25-18-11-10-17(16-9-7-13-22-19(16)18)23-20(24)21(26-5-2)12-6-8-15(3)14-21/h7,9-11,13,15H,4-6,8,12,14H2,1-3H3,(H,23,24)/t15-,21-/m1/s1. The molecular weight excluding hydrogens is 328 g/mol. The number of carbonyl (C=O) groups is 1. The van der Waals surface area contributed by atoms with E-state index in [9.17, 15) is 4.79 Å². The molecule has 3 rings (SSSR count). The molecule has 1 aliphatic carbocycles. The van der Waals surface area contributed by atoms with Gasteiger partial charge in [0.2, 0.25) is 0 Å². The van der Waals surface area contributed by atoms with Crippen molar-refractivity contribution in [1.82, 2.24) is 4.98 Å². The molecule has 1 aromatic carbocycles. The smallest absolute Gasteiger partial charge is 0.256 e. The number of hydrogen-bond acceptors (Lipinski definition) is 4. The average molecular weight is 356 g/mol. The van der Waals surface area contributed by atoms with Crippen LogP contribution in [0.25, 0.3) is 10.9 Å². The van der Waals surface area contributed by atoms with Crippen LogP contribution in [0.1, 0.15) is 46.5 Å². The van der Waals surface area contributed by atoms with Crippen LogP contribution in [0.5, 0.6) is 5.75 Å². The summed E-state index contributed by atoms with van der Waals surface area (Å²) < 4.78 is 11.7. The predicted molar refractivity (Wildman–Crippen MR) is 104 cm³/mol. The highest BCUT2D eigenvalue weighted by Gasteiger charge is 2.42. The van der Waals surface area contributed by atoms with Crippen molar-refractivity contribution >= 4 is 22.5 Å². The number of fused-ring (bicyclic) bond motifs is 1. The molecule has 1 amide bonds. The number of anilines is 1. The van der Waals surface area contributed by atoms with Gasteiger partial charge in [0.1, 0.15) is 16.9 Å². The number of pyridine rings is 1. The summed E-state index contributed by atoms with van der Waals surface area (Å²) in [7, 11) is 0. The fraction of sp³-hybridized carbons (Fsp3) is 0.524. The molecule has 1 N–H and O–H groups in total. The normalized spacial score (nSPS) is 23.0. The Labute approximate surface area is 155 Å². The Kier molecular flexibility index (Phi) is 5.77. The maximum Gasteiger partial charge on any atom is 0.256 e. The first-order chi connectivity index (χ1) is 12.6. The molecule has 2 atom stereocenters. The maximum absolute atomic E-state index is 13.2. The van der Waals surface area contributed by atoms with E-state index in [2.05, 4.69) is 17.2 Å². The molecule has 0 aliphatic heterocycles. The number of ether oxygens (including phenoxy) is 2. The summed E-state index contributed by atoms with van der Waals surface area (Å²) in [5.74, 6) is 1.16. The second-order valence-corrected chi connectivity index (χ2v) is 7.03. The summed E-state index contributed by atoms with van der Waals surface area (Å²) in [6.07, 6.45) is 5.43. The van der Waals surface area contributed by atoms with Crippen molar-refractivity contribution in [1.29, 1.82) is 0 Å². The Bertz CT molecular complexity index is 773. The summed E-state index contributed by atoms with van der Waals surface area (Å²) >= 11 is 0. The highest BCUT2D eigenvalue weighted by atomic mass is 16.5. The SMILES string of the molecule is CCOc1ccc(NC(=O)[C@@]2(OCC)CCC[C@@H](C)C2)c2cccnc12. The highest BCUT2D eigenvalue weighted by molar-refractivity contribution is 6.05. The molecule has 0 unspecified atom stereocenters. The first-order valence-corrected chi connectivity index (χ1v) is 9.55. The van der Waals surface area contributed by atoms with E-state index < -0.39 is 5.60 Å². The van der Waals surface area contributed by atoms with Gasteiger partial charge < -0.3 is 14.8 Å². The van der Waals surface area contributed by atoms with Crippen LogP contribution in [0.4, 0.5) is 5.69 Å². The number of aromatic nitrogens is 1. The van der Waals surface area contributed by atoms with Crippen molar-refractivity contribution in [2.45, 2.75) is 52.1 Å². The van der Waals surface area contributed by atoms with Crippen molar-refractivity contribution in [3.05, 3.63) is 30.5 Å². The number of amides is 1. The molecule has 1 aromatic heterocycles. The lowest BCUT2D eigenvalue weighted by Gasteiger charge is -2.38. The summed E-state index contributed by atoms with van der Waals surface area (Å²) in [6, 6.07) is 7.58. The molecule has 0 radical (unpaired) electrons. The van der Waals surface area contributed by atoms with Gasteiger partial charge in [-0.15, -0.1) is 0 Å². The molecule has 1 fully saturated rings. The van der Waals surface area contributed by atoms with Crippen LogP contribution in [0, 0.1) is 5.92 Å². The lowest BCUT2D eigenvalue weighted by atomic mass is 9.78. The van der Waals surface area contributed by atoms with Gasteiger partial charge in [-0.2, -0.15) is 0 Å². The molecule has 0 saturated heterocycles. The minimum absolute atomic E-state index is 0.0554. The molecular formula is C21H28N2O3. The first kappa shape index (κ1) is 18.6. The number of benzene rings is 1. The van der Waals surface area contributed by atoms with E-state index in [4.69, 9.17) is 9.47 Å². The zero-order chi connectivity index (χ0) is 18.6. The van der Waals surface area contributed by atoms with Gasteiger partial charge >= 0.3 is 0 Å². The maximum atomic E-state index is 13.2. The topological polar surface area (TPSA) is 60.5 Å². The third kappa shape index (κ3) is 3.68. The van der Waals surface area contributed by atoms with E-state index in [0.29, 0.717) is 19.1 Å². The number of nitrogens with zero attached hydrogens (tertiary/aromatic N) is 1. The Morgan fingerprint density at radius 2 is 2.15 bits per heavy atom. The number of hydrogen-bond donors (Lipinski definition) is 1. The minimum atomic E-state index is -0.737. The molecule has 2 aromatic rings. The lowest BCUT2D eigenvalue weighted by Crippen LogP contribution is -2.48. The van der Waals surface area contributed by atoms with Crippen LogP contribution < -0.4 is 10.1 Å². The van der Waals surface area contributed by atoms with Crippen LogP contribution in [0.3, 0.4) is 0 Å². The molecule has 5 nitrogen and oxygen atoms in total. The Hall–Kier alpha value is -2.14. The number of nitrogens with one attached hydrogen (secondary N) is 1. The largest absolute Gasteiger partial charge is 0.492 e. The average Bonchev–Trinajstić information content (AvgIpc) is 2.64. The Balaban J connectivity index is 1.92. The summed E-state index contributed by atoms with van der Waals surface area (Å²) in [5, 5.41) is 3.99. The highest BCUT2D eigenvalue weighted by Crippen LogP contribution is 2.37. The second kappa shape index (κ2) is 8.04. The quantitative estimate of drug-likeness (QED) is 0.824. The second-order valence-electron chi connectivity index (χ2n) is 7.03. The summed E-state index contributed by atoms with van der Waals surface area (Å²) in [6.45, 7) is 7.19. The molecule has 26 heavy (non-hydrogen) atoms. The van der Waals surface area contributed by atoms with Gasteiger partial charge in [0, 0.05) is 18.2 Å². The molecule has 1 heterocycles. The fourth-order valence-corrected chi connectivity index (χ4v) is 3.95. The minimum Gasteiger partial charge on any atom is -0.492 e. The van der Waals surface area contributed by atoms with Gasteiger partial charge in [-0.1, -0.05) is 13.3 Å². The zero-order valence-electron chi connectivity index (χ0n) is 15.9. The van der Waals surface area contributed by atoms with Gasteiger partial charge in [-0.3, -0.25) is 9.78 Å². The molecule has 1 saturated carbocycles. The molecule has 1 aliphatic rings. The molecule has 140 valence electrons. The van der Waals surface area contributed by atoms with Crippen LogP contribution >= 0.6 is 0 Å². The fourth-order valence-electron chi connectivity index (χ4n) is 3.95. The van der Waals surface area contributed by atoms with E-state index >= 15 is 0 Å². The van der Waals surface area contributed by atoms with Gasteiger partial charge in [0.05, 0.1) is 12.3 Å². The molecule has 0 spiro atoms. The van der Waals surface area contributed by atoms with Crippen molar-refractivity contribution in [3.63, 3.8) is 0 Å². The van der Waals surface area contributed by atoms with Crippen LogP contribution in [-0.4, -0.2) is 29.7 Å². The number of rotatable bonds is 6. The summed E-state index contributed by atoms with van der Waals surface area (Å²) in [4.78, 5) is 17.6. The van der Waals surface area contributed by atoms with Crippen molar-refractivity contribution < 1.29 is 14.3 Å². The van der Waals surface area contributed by atoms with E-state index in [1.54, 1.807) is 6.20 Å². The van der Waals surface area contributed by atoms with Crippen molar-refractivity contribution in [2.24, 2.45) is 5.92 Å². The third-order valence-electron chi connectivity index (χ3n) is 5.07. The van der Waals surface area contributed by atoms with E-state index in [1.807, 2.05) is 38.1 Å². The van der Waals surface area contributed by atoms with E-state index in [1.165, 1.54) is 0 Å². The first-order valence-electron chi connectivity index (χ1n) is 9.55. The molecule has 5 heteroatoms. The van der Waals surface area contributed by atoms with Gasteiger partial charge in [-0.25, -0.2) is 0 Å². The van der Waals surface area contributed by atoms with Gasteiger partial charge in [0.25, 0.3) is 5.91 Å². The van der Waals surface area contributed by atoms with E-state index in [0.717, 1.165) is 48.0 Å². The van der Waals surface area contributed by atoms with E-state index in [-0.39, 0.29) is 5.91 Å². The Morgan fingerprint density at radius 1 is 1.31 bits per heavy atom. The predicted octanol–water partition coefficient (Wildman–Crippen LogP) is 4.56. The number of carbonyl (C=O) groups excluding carboxylic acids is 1. The zero-order valence-corrected chi connectivity index (χ0v) is 15.9. The van der Waals surface area contributed by atoms with Crippen LogP contribution in [-0.2, 0) is 9.53 Å². The van der Waals surface area contributed by atoms with Gasteiger partial charge in [-0.05, 0) is 63.3 Å². The van der Waals surface area contributed by atoms with Gasteiger partial charge in [0.15, 0.2) is 0 Å². The molecule has 0 bridgehead atoms. The lowest BCUT2D eigenvalue weighted by molar-refractivity contribution is -0.147. The summed E-state index contributed by atoms with van der Waals surface area (Å²) in [5.41, 5.74) is 0.771. The monoisotopic (exact) mass is 356 g/mol.